The largest absolute Gasteiger partial charge is 0.389 e. The van der Waals surface area contributed by atoms with E-state index in [-0.39, 0.29) is 16.8 Å². The standard InChI is InChI=1S/C18H21ClF2N4O2/c1-18(2,27)10-24-6-5-12(9-24)23-14-8-22-25(17(26)16(14)19)15-4-3-11(20)7-13(15)21/h3-4,7-8,12,23,27H,5-6,9-10H2,1-2H3/t12-/m0/s1. The first-order chi connectivity index (χ1) is 12.6. The Bertz CT molecular complexity index is 898. The maximum absolute atomic E-state index is 13.9. The van der Waals surface area contributed by atoms with Crippen molar-refractivity contribution in [1.29, 1.82) is 0 Å². The molecule has 0 amide bonds. The summed E-state index contributed by atoms with van der Waals surface area (Å²) >= 11 is 6.17. The molecule has 27 heavy (non-hydrogen) atoms. The Morgan fingerprint density at radius 1 is 1.41 bits per heavy atom. The minimum Gasteiger partial charge on any atom is -0.389 e. The summed E-state index contributed by atoms with van der Waals surface area (Å²) in [5, 5.41) is 17.0. The third-order valence-electron chi connectivity index (χ3n) is 4.30. The number of nitrogens with zero attached hydrogens (tertiary/aromatic N) is 3. The quantitative estimate of drug-likeness (QED) is 0.809. The van der Waals surface area contributed by atoms with Crippen LogP contribution < -0.4 is 10.9 Å². The van der Waals surface area contributed by atoms with Crippen molar-refractivity contribution in [2.75, 3.05) is 25.0 Å². The Balaban J connectivity index is 1.77. The molecule has 2 aromatic rings. The number of β-amino-alcohol motifs (C(OH)–C–C–N with tert-alkyl or cyclic N) is 1. The minimum absolute atomic E-state index is 0.0458. The summed E-state index contributed by atoms with van der Waals surface area (Å²) in [5.74, 6) is -1.65. The van der Waals surface area contributed by atoms with E-state index in [1.54, 1.807) is 13.8 Å². The second kappa shape index (κ2) is 7.53. The highest BCUT2D eigenvalue weighted by molar-refractivity contribution is 6.33. The van der Waals surface area contributed by atoms with Gasteiger partial charge in [-0.05, 0) is 32.4 Å². The molecular weight excluding hydrogens is 378 g/mol. The van der Waals surface area contributed by atoms with Crippen LogP contribution in [0.1, 0.15) is 20.3 Å². The summed E-state index contributed by atoms with van der Waals surface area (Å²) in [6.45, 7) is 5.55. The van der Waals surface area contributed by atoms with Gasteiger partial charge in [0.05, 0.1) is 17.5 Å². The van der Waals surface area contributed by atoms with Gasteiger partial charge in [-0.25, -0.2) is 8.78 Å². The number of aromatic nitrogens is 2. The number of benzene rings is 1. The van der Waals surface area contributed by atoms with E-state index in [4.69, 9.17) is 11.6 Å². The number of hydrogen-bond acceptors (Lipinski definition) is 5. The van der Waals surface area contributed by atoms with Crippen LogP contribution in [-0.2, 0) is 0 Å². The molecule has 1 fully saturated rings. The minimum atomic E-state index is -0.903. The van der Waals surface area contributed by atoms with E-state index < -0.39 is 22.8 Å². The van der Waals surface area contributed by atoms with Gasteiger partial charge in [-0.2, -0.15) is 9.78 Å². The second-order valence-electron chi connectivity index (χ2n) is 7.36. The van der Waals surface area contributed by atoms with Gasteiger partial charge in [-0.15, -0.1) is 0 Å². The molecule has 9 heteroatoms. The predicted octanol–water partition coefficient (Wildman–Crippen LogP) is 2.42. The van der Waals surface area contributed by atoms with E-state index in [1.807, 2.05) is 0 Å². The van der Waals surface area contributed by atoms with Crippen LogP contribution in [0.5, 0.6) is 0 Å². The summed E-state index contributed by atoms with van der Waals surface area (Å²) in [4.78, 5) is 14.6. The lowest BCUT2D eigenvalue weighted by atomic mass is 10.1. The highest BCUT2D eigenvalue weighted by Crippen LogP contribution is 2.22. The zero-order valence-electron chi connectivity index (χ0n) is 15.0. The lowest BCUT2D eigenvalue weighted by molar-refractivity contribution is 0.0437. The van der Waals surface area contributed by atoms with Crippen LogP contribution in [0.4, 0.5) is 14.5 Å². The predicted molar refractivity (Wildman–Crippen MR) is 99.5 cm³/mol. The molecule has 3 rings (SSSR count). The van der Waals surface area contributed by atoms with Crippen molar-refractivity contribution in [3.63, 3.8) is 0 Å². The number of aliphatic hydroxyl groups is 1. The smallest absolute Gasteiger partial charge is 0.292 e. The lowest BCUT2D eigenvalue weighted by Crippen LogP contribution is -2.38. The van der Waals surface area contributed by atoms with Gasteiger partial charge in [0, 0.05) is 31.7 Å². The molecule has 2 heterocycles. The van der Waals surface area contributed by atoms with Crippen molar-refractivity contribution in [3.05, 3.63) is 51.4 Å². The number of anilines is 1. The number of halogens is 3. The van der Waals surface area contributed by atoms with Crippen molar-refractivity contribution < 1.29 is 13.9 Å². The molecule has 1 aliphatic rings. The Hall–Kier alpha value is -2.03. The molecule has 6 nitrogen and oxygen atoms in total. The van der Waals surface area contributed by atoms with E-state index in [0.29, 0.717) is 24.8 Å². The van der Waals surface area contributed by atoms with Crippen LogP contribution in [0.2, 0.25) is 5.02 Å². The van der Waals surface area contributed by atoms with E-state index in [9.17, 15) is 18.7 Å². The molecule has 1 aliphatic heterocycles. The Kier molecular flexibility index (Phi) is 5.50. The van der Waals surface area contributed by atoms with Crippen molar-refractivity contribution >= 4 is 17.3 Å². The zero-order valence-corrected chi connectivity index (χ0v) is 15.8. The fourth-order valence-corrected chi connectivity index (χ4v) is 3.40. The first-order valence-corrected chi connectivity index (χ1v) is 8.96. The fourth-order valence-electron chi connectivity index (χ4n) is 3.22. The fraction of sp³-hybridized carbons (Fsp3) is 0.444. The first-order valence-electron chi connectivity index (χ1n) is 8.58. The molecule has 0 bridgehead atoms. The molecule has 146 valence electrons. The van der Waals surface area contributed by atoms with Gasteiger partial charge in [0.2, 0.25) is 0 Å². The van der Waals surface area contributed by atoms with Gasteiger partial charge in [-0.3, -0.25) is 9.69 Å². The number of nitrogens with one attached hydrogen (secondary N) is 1. The summed E-state index contributed by atoms with van der Waals surface area (Å²) in [6, 6.07) is 2.90. The molecule has 0 spiro atoms. The van der Waals surface area contributed by atoms with Crippen LogP contribution in [0, 0.1) is 11.6 Å². The average Bonchev–Trinajstić information content (AvgIpc) is 2.98. The van der Waals surface area contributed by atoms with Crippen LogP contribution in [0.25, 0.3) is 5.69 Å². The highest BCUT2D eigenvalue weighted by atomic mass is 35.5. The van der Waals surface area contributed by atoms with Gasteiger partial charge in [0.1, 0.15) is 16.5 Å². The Morgan fingerprint density at radius 2 is 2.15 bits per heavy atom. The monoisotopic (exact) mass is 398 g/mol. The van der Waals surface area contributed by atoms with Crippen LogP contribution in [-0.4, -0.2) is 51.1 Å². The first kappa shape index (κ1) is 19.7. The van der Waals surface area contributed by atoms with E-state index in [0.717, 1.165) is 29.8 Å². The molecule has 0 radical (unpaired) electrons. The van der Waals surface area contributed by atoms with Gasteiger partial charge >= 0.3 is 0 Å². The second-order valence-corrected chi connectivity index (χ2v) is 7.74. The lowest BCUT2D eigenvalue weighted by Gasteiger charge is -2.25. The molecule has 2 N–H and O–H groups in total. The summed E-state index contributed by atoms with van der Waals surface area (Å²) in [7, 11) is 0. The van der Waals surface area contributed by atoms with E-state index >= 15 is 0 Å². The van der Waals surface area contributed by atoms with Crippen molar-refractivity contribution in [2.24, 2.45) is 0 Å². The van der Waals surface area contributed by atoms with Crippen LogP contribution in [0.3, 0.4) is 0 Å². The third-order valence-corrected chi connectivity index (χ3v) is 4.66. The number of rotatable bonds is 5. The Morgan fingerprint density at radius 3 is 2.81 bits per heavy atom. The average molecular weight is 399 g/mol. The van der Waals surface area contributed by atoms with Crippen LogP contribution >= 0.6 is 11.6 Å². The maximum atomic E-state index is 13.9. The van der Waals surface area contributed by atoms with Crippen molar-refractivity contribution in [3.8, 4) is 5.69 Å². The molecule has 0 unspecified atom stereocenters. The maximum Gasteiger partial charge on any atom is 0.292 e. The van der Waals surface area contributed by atoms with Gasteiger partial charge in [-0.1, -0.05) is 11.6 Å². The Labute approximate surface area is 160 Å². The van der Waals surface area contributed by atoms with Crippen molar-refractivity contribution in [2.45, 2.75) is 31.9 Å². The molecule has 0 saturated carbocycles. The topological polar surface area (TPSA) is 70.4 Å². The summed E-state index contributed by atoms with van der Waals surface area (Å²) < 4.78 is 27.8. The number of hydrogen-bond donors (Lipinski definition) is 2. The van der Waals surface area contributed by atoms with Gasteiger partial charge < -0.3 is 10.4 Å². The summed E-state index contributed by atoms with van der Waals surface area (Å²) in [6.07, 6.45) is 2.17. The molecular formula is C18H21ClF2N4O2. The molecule has 1 saturated heterocycles. The van der Waals surface area contributed by atoms with Crippen molar-refractivity contribution in [1.82, 2.24) is 14.7 Å². The van der Waals surface area contributed by atoms with Crippen LogP contribution in [0.15, 0.2) is 29.2 Å². The third kappa shape index (κ3) is 4.63. The SMILES string of the molecule is CC(C)(O)CN1CC[C@H](Nc2cnn(-c3ccc(F)cc3F)c(=O)c2Cl)C1. The highest BCUT2D eigenvalue weighted by Gasteiger charge is 2.27. The normalized spacial score (nSPS) is 18.1. The summed E-state index contributed by atoms with van der Waals surface area (Å²) in [5.41, 5.74) is -1.30. The van der Waals surface area contributed by atoms with Gasteiger partial charge in [0.15, 0.2) is 5.82 Å². The van der Waals surface area contributed by atoms with E-state index in [2.05, 4.69) is 15.3 Å². The molecule has 0 aliphatic carbocycles. The van der Waals surface area contributed by atoms with Gasteiger partial charge in [0.25, 0.3) is 5.56 Å². The zero-order chi connectivity index (χ0) is 19.8. The molecule has 1 aromatic heterocycles. The molecule has 1 aromatic carbocycles. The van der Waals surface area contributed by atoms with E-state index in [1.165, 1.54) is 6.20 Å². The number of likely N-dealkylation sites (tertiary alicyclic amines) is 1. The molecule has 1 atom stereocenters.